The molecule has 0 aliphatic heterocycles. The molecule has 0 saturated heterocycles. The highest BCUT2D eigenvalue weighted by molar-refractivity contribution is 5.59. The average Bonchev–Trinajstić information content (AvgIpc) is 2.98. The van der Waals surface area contributed by atoms with E-state index in [9.17, 15) is 0 Å². The van der Waals surface area contributed by atoms with Gasteiger partial charge >= 0.3 is 0 Å². The molecular weight excluding hydrogens is 274 g/mol. The van der Waals surface area contributed by atoms with Crippen LogP contribution in [0.4, 0.5) is 0 Å². The molecule has 1 aromatic heterocycles. The minimum atomic E-state index is -0.656. The van der Waals surface area contributed by atoms with Crippen molar-refractivity contribution in [1.29, 1.82) is 0 Å². The third-order valence-electron chi connectivity index (χ3n) is 2.76. The fraction of sp³-hybridized carbons (Fsp3) is 0.429. The van der Waals surface area contributed by atoms with E-state index in [4.69, 9.17) is 24.8 Å². The molecule has 1 heterocycles. The van der Waals surface area contributed by atoms with Crippen molar-refractivity contribution in [3.63, 3.8) is 0 Å². The molecule has 0 aliphatic rings. The summed E-state index contributed by atoms with van der Waals surface area (Å²) >= 11 is 0. The monoisotopic (exact) mass is 293 g/mol. The maximum atomic E-state index is 8.99. The fourth-order valence-electron chi connectivity index (χ4n) is 1.77. The Kier molecular flexibility index (Phi) is 5.13. The van der Waals surface area contributed by atoms with Gasteiger partial charge in [0.15, 0.2) is 17.3 Å². The number of nitrogens with two attached hydrogens (primary N) is 1. The molecule has 1 atom stereocenters. The number of hydrogen-bond acceptors (Lipinski definition) is 7. The Bertz CT molecular complexity index is 585. The van der Waals surface area contributed by atoms with Crippen LogP contribution in [-0.4, -0.2) is 35.1 Å². The molecule has 1 unspecified atom stereocenters. The number of benzene rings is 1. The summed E-state index contributed by atoms with van der Waals surface area (Å²) in [4.78, 5) is 4.17. The number of aliphatic hydroxyl groups excluding tert-OH is 1. The van der Waals surface area contributed by atoms with E-state index in [1.54, 1.807) is 18.2 Å². The highest BCUT2D eigenvalue weighted by Crippen LogP contribution is 2.32. The summed E-state index contributed by atoms with van der Waals surface area (Å²) in [5.74, 6) is 1.86. The van der Waals surface area contributed by atoms with Crippen LogP contribution in [0, 0.1) is 0 Å². The predicted octanol–water partition coefficient (Wildman–Crippen LogP) is 1.53. The summed E-state index contributed by atoms with van der Waals surface area (Å²) in [6, 6.07) is 4.71. The summed E-state index contributed by atoms with van der Waals surface area (Å²) in [5.41, 5.74) is 6.35. The van der Waals surface area contributed by atoms with Gasteiger partial charge in [-0.1, -0.05) is 5.16 Å². The van der Waals surface area contributed by atoms with Crippen LogP contribution in [0.1, 0.15) is 25.7 Å². The molecule has 2 rings (SSSR count). The van der Waals surface area contributed by atoms with Crippen molar-refractivity contribution in [2.24, 2.45) is 5.73 Å². The second kappa shape index (κ2) is 7.05. The van der Waals surface area contributed by atoms with E-state index in [2.05, 4.69) is 10.1 Å². The lowest BCUT2D eigenvalue weighted by atomic mass is 10.2. The van der Waals surface area contributed by atoms with E-state index < -0.39 is 6.04 Å². The number of ether oxygens (including phenoxy) is 2. The summed E-state index contributed by atoms with van der Waals surface area (Å²) in [5, 5.41) is 12.7. The zero-order valence-electron chi connectivity index (χ0n) is 12.1. The van der Waals surface area contributed by atoms with Gasteiger partial charge in [-0.05, 0) is 32.0 Å². The molecule has 0 amide bonds. The largest absolute Gasteiger partial charge is 0.490 e. The van der Waals surface area contributed by atoms with Gasteiger partial charge in [0.2, 0.25) is 0 Å². The first-order valence-electron chi connectivity index (χ1n) is 6.79. The Balaban J connectivity index is 2.31. The Morgan fingerprint density at radius 2 is 1.95 bits per heavy atom. The van der Waals surface area contributed by atoms with E-state index in [0.29, 0.717) is 36.2 Å². The average molecular weight is 293 g/mol. The number of nitrogens with zero attached hydrogens (tertiary/aromatic N) is 2. The van der Waals surface area contributed by atoms with Gasteiger partial charge in [-0.15, -0.1) is 0 Å². The van der Waals surface area contributed by atoms with Crippen molar-refractivity contribution < 1.29 is 19.1 Å². The van der Waals surface area contributed by atoms with Gasteiger partial charge in [-0.25, -0.2) is 0 Å². The van der Waals surface area contributed by atoms with Crippen molar-refractivity contribution in [3.8, 4) is 23.0 Å². The first kappa shape index (κ1) is 15.3. The molecule has 0 aliphatic carbocycles. The normalized spacial score (nSPS) is 12.2. The van der Waals surface area contributed by atoms with Gasteiger partial charge in [0.1, 0.15) is 0 Å². The molecule has 0 fully saturated rings. The van der Waals surface area contributed by atoms with Gasteiger partial charge in [0.25, 0.3) is 5.89 Å². The van der Waals surface area contributed by atoms with E-state index in [1.165, 1.54) is 0 Å². The molecule has 3 N–H and O–H groups in total. The molecule has 7 heteroatoms. The third-order valence-corrected chi connectivity index (χ3v) is 2.76. The first-order valence-corrected chi connectivity index (χ1v) is 6.79. The Morgan fingerprint density at radius 1 is 1.24 bits per heavy atom. The van der Waals surface area contributed by atoms with E-state index in [1.807, 2.05) is 13.8 Å². The molecule has 1 aromatic carbocycles. The molecular formula is C14H19N3O4. The molecule has 0 spiro atoms. The van der Waals surface area contributed by atoms with Gasteiger partial charge in [0, 0.05) is 5.56 Å². The minimum Gasteiger partial charge on any atom is -0.490 e. The van der Waals surface area contributed by atoms with Crippen molar-refractivity contribution in [2.75, 3.05) is 19.8 Å². The lowest BCUT2D eigenvalue weighted by molar-refractivity contribution is 0.260. The van der Waals surface area contributed by atoms with E-state index in [-0.39, 0.29) is 12.4 Å². The molecule has 0 saturated carbocycles. The van der Waals surface area contributed by atoms with Crippen LogP contribution in [-0.2, 0) is 0 Å². The van der Waals surface area contributed by atoms with Gasteiger partial charge in [-0.3, -0.25) is 0 Å². The number of rotatable bonds is 7. The Morgan fingerprint density at radius 3 is 2.62 bits per heavy atom. The number of aliphatic hydroxyl groups is 1. The standard InChI is InChI=1S/C14H19N3O4/c1-3-19-11-6-5-9(7-12(11)20-4-2)14-16-13(17-21-14)10(15)8-18/h5-7,10,18H,3-4,8,15H2,1-2H3. The zero-order valence-corrected chi connectivity index (χ0v) is 12.1. The van der Waals surface area contributed by atoms with Crippen molar-refractivity contribution in [3.05, 3.63) is 24.0 Å². The van der Waals surface area contributed by atoms with E-state index >= 15 is 0 Å². The highest BCUT2D eigenvalue weighted by Gasteiger charge is 2.16. The van der Waals surface area contributed by atoms with Gasteiger partial charge in [0.05, 0.1) is 25.9 Å². The van der Waals surface area contributed by atoms with E-state index in [0.717, 1.165) is 0 Å². The lowest BCUT2D eigenvalue weighted by Crippen LogP contribution is -2.15. The van der Waals surface area contributed by atoms with Crippen LogP contribution >= 0.6 is 0 Å². The van der Waals surface area contributed by atoms with Crippen LogP contribution < -0.4 is 15.2 Å². The summed E-state index contributed by atoms with van der Waals surface area (Å²) in [7, 11) is 0. The molecule has 21 heavy (non-hydrogen) atoms. The summed E-state index contributed by atoms with van der Waals surface area (Å²) < 4.78 is 16.2. The Hall–Kier alpha value is -2.12. The molecule has 114 valence electrons. The van der Waals surface area contributed by atoms with Gasteiger partial charge < -0.3 is 24.8 Å². The quantitative estimate of drug-likeness (QED) is 0.797. The van der Waals surface area contributed by atoms with Gasteiger partial charge in [-0.2, -0.15) is 4.98 Å². The summed E-state index contributed by atoms with van der Waals surface area (Å²) in [6.07, 6.45) is 0. The van der Waals surface area contributed by atoms with Crippen LogP contribution in [0.25, 0.3) is 11.5 Å². The third kappa shape index (κ3) is 3.50. The highest BCUT2D eigenvalue weighted by atomic mass is 16.5. The number of hydrogen-bond donors (Lipinski definition) is 2. The zero-order chi connectivity index (χ0) is 15.2. The topological polar surface area (TPSA) is 104 Å². The summed E-state index contributed by atoms with van der Waals surface area (Å²) in [6.45, 7) is 4.63. The van der Waals surface area contributed by atoms with Crippen molar-refractivity contribution >= 4 is 0 Å². The second-order valence-corrected chi connectivity index (χ2v) is 4.27. The van der Waals surface area contributed by atoms with Crippen LogP contribution in [0.3, 0.4) is 0 Å². The van der Waals surface area contributed by atoms with Crippen LogP contribution in [0.15, 0.2) is 22.7 Å². The molecule has 7 nitrogen and oxygen atoms in total. The minimum absolute atomic E-state index is 0.244. The van der Waals surface area contributed by atoms with Crippen LogP contribution in [0.2, 0.25) is 0 Å². The molecule has 0 bridgehead atoms. The van der Waals surface area contributed by atoms with Crippen molar-refractivity contribution in [1.82, 2.24) is 10.1 Å². The van der Waals surface area contributed by atoms with Crippen molar-refractivity contribution in [2.45, 2.75) is 19.9 Å². The molecule has 0 radical (unpaired) electrons. The van der Waals surface area contributed by atoms with Crippen LogP contribution in [0.5, 0.6) is 11.5 Å². The number of aromatic nitrogens is 2. The second-order valence-electron chi connectivity index (χ2n) is 4.27. The SMILES string of the molecule is CCOc1ccc(-c2nc(C(N)CO)no2)cc1OCC. The predicted molar refractivity (Wildman–Crippen MR) is 76.1 cm³/mol. The maximum absolute atomic E-state index is 8.99. The smallest absolute Gasteiger partial charge is 0.258 e. The lowest BCUT2D eigenvalue weighted by Gasteiger charge is -2.11. The molecule has 2 aromatic rings. The maximum Gasteiger partial charge on any atom is 0.258 e. The first-order chi connectivity index (χ1) is 10.2. The Labute approximate surface area is 122 Å². The fourth-order valence-corrected chi connectivity index (χ4v) is 1.77.